The molecule has 0 saturated carbocycles. The summed E-state index contributed by atoms with van der Waals surface area (Å²) in [6, 6.07) is 10.6. The van der Waals surface area contributed by atoms with Crippen LogP contribution in [0.25, 0.3) is 22.0 Å². The Hall–Kier alpha value is -4.18. The molecule has 0 atom stereocenters. The normalized spacial score (nSPS) is 13.8. The molecule has 0 spiro atoms. The van der Waals surface area contributed by atoms with Gasteiger partial charge in [0.15, 0.2) is 5.69 Å². The third-order valence-electron chi connectivity index (χ3n) is 7.01. The molecule has 0 bridgehead atoms. The highest BCUT2D eigenvalue weighted by atomic mass is 35.5. The lowest BCUT2D eigenvalue weighted by Gasteiger charge is -2.31. The number of halogens is 4. The summed E-state index contributed by atoms with van der Waals surface area (Å²) < 4.78 is 45.0. The fourth-order valence-corrected chi connectivity index (χ4v) is 5.39. The Morgan fingerprint density at radius 2 is 1.82 bits per heavy atom. The summed E-state index contributed by atoms with van der Waals surface area (Å²) in [6.45, 7) is 2.48. The van der Waals surface area contributed by atoms with E-state index in [0.29, 0.717) is 58.0 Å². The largest absolute Gasteiger partial charge is 0.435 e. The fourth-order valence-electron chi connectivity index (χ4n) is 5.23. The van der Waals surface area contributed by atoms with Crippen LogP contribution in [0, 0.1) is 6.92 Å². The molecule has 0 aliphatic carbocycles. The maximum Gasteiger partial charge on any atom is 0.435 e. The Morgan fingerprint density at radius 1 is 1.03 bits per heavy atom. The molecule has 1 amide bonds. The van der Waals surface area contributed by atoms with Crippen LogP contribution in [0.1, 0.15) is 33.0 Å². The molecule has 0 radical (unpaired) electrons. The summed E-state index contributed by atoms with van der Waals surface area (Å²) >= 11 is 6.15. The quantitative estimate of drug-likeness (QED) is 0.273. The predicted octanol–water partition coefficient (Wildman–Crippen LogP) is 6.06. The van der Waals surface area contributed by atoms with E-state index in [2.05, 4.69) is 15.1 Å². The molecule has 4 heterocycles. The molecule has 0 unspecified atom stereocenters. The minimum absolute atomic E-state index is 0.0456. The maximum atomic E-state index is 14.0. The van der Waals surface area contributed by atoms with E-state index < -0.39 is 11.9 Å². The molecule has 3 aromatic heterocycles. The number of anilines is 1. The summed E-state index contributed by atoms with van der Waals surface area (Å²) in [5.41, 5.74) is 2.27. The summed E-state index contributed by atoms with van der Waals surface area (Å²) in [5, 5.41) is 5.00. The number of carbonyl (C=O) groups is 1. The van der Waals surface area contributed by atoms with E-state index in [9.17, 15) is 18.0 Å². The Labute approximate surface area is 226 Å². The van der Waals surface area contributed by atoms with E-state index in [1.54, 1.807) is 53.8 Å². The number of benzene rings is 2. The fraction of sp³-hybridized carbons (Fsp3) is 0.214. The van der Waals surface area contributed by atoms with Crippen LogP contribution in [-0.4, -0.2) is 36.8 Å². The number of imidazole rings is 1. The Bertz CT molecular complexity index is 1760. The van der Waals surface area contributed by atoms with E-state index in [4.69, 9.17) is 11.6 Å². The van der Waals surface area contributed by atoms with Gasteiger partial charge in [0, 0.05) is 66.5 Å². The molecule has 198 valence electrons. The van der Waals surface area contributed by atoms with Crippen molar-refractivity contribution >= 4 is 34.1 Å². The molecular weight excluding hydrogens is 529 g/mol. The molecule has 0 fully saturated rings. The standard InChI is InChI=1S/C28H22ClF3N6O/c1-16-33-8-10-37(16)14-17-11-21(23-15-36(2)35-26(23)28(30,31)32)19-6-9-38(27(39)22(19)12-17)25-5-7-34-24-13-18(29)3-4-20(24)25/h3-5,7-8,10-13,15H,6,9,14H2,1-2H3. The molecule has 2 aromatic carbocycles. The Kier molecular flexibility index (Phi) is 5.95. The summed E-state index contributed by atoms with van der Waals surface area (Å²) in [4.78, 5) is 24.3. The monoisotopic (exact) mass is 550 g/mol. The number of rotatable bonds is 4. The topological polar surface area (TPSA) is 68.8 Å². The molecule has 0 N–H and O–H groups in total. The maximum absolute atomic E-state index is 14.0. The van der Waals surface area contributed by atoms with Gasteiger partial charge in [-0.15, -0.1) is 0 Å². The zero-order valence-electron chi connectivity index (χ0n) is 21.0. The van der Waals surface area contributed by atoms with Gasteiger partial charge in [0.25, 0.3) is 5.91 Å². The predicted molar refractivity (Wildman–Crippen MR) is 142 cm³/mol. The van der Waals surface area contributed by atoms with Crippen molar-refractivity contribution in [3.05, 3.63) is 94.4 Å². The van der Waals surface area contributed by atoms with E-state index >= 15 is 0 Å². The smallest absolute Gasteiger partial charge is 0.331 e. The molecule has 11 heteroatoms. The van der Waals surface area contributed by atoms with Gasteiger partial charge >= 0.3 is 6.18 Å². The van der Waals surface area contributed by atoms with E-state index in [0.717, 1.165) is 15.9 Å². The van der Waals surface area contributed by atoms with Gasteiger partial charge in [-0.1, -0.05) is 11.6 Å². The van der Waals surface area contributed by atoms with E-state index in [-0.39, 0.29) is 11.5 Å². The zero-order valence-corrected chi connectivity index (χ0v) is 21.8. The average Bonchev–Trinajstić information content (AvgIpc) is 3.48. The first-order chi connectivity index (χ1) is 18.6. The lowest BCUT2D eigenvalue weighted by Crippen LogP contribution is -2.38. The third-order valence-corrected chi connectivity index (χ3v) is 7.24. The van der Waals surface area contributed by atoms with Crippen LogP contribution in [0.15, 0.2) is 61.2 Å². The zero-order chi connectivity index (χ0) is 27.5. The minimum atomic E-state index is -4.65. The van der Waals surface area contributed by atoms with Crippen molar-refractivity contribution in [3.63, 3.8) is 0 Å². The summed E-state index contributed by atoms with van der Waals surface area (Å²) in [7, 11) is 1.46. The van der Waals surface area contributed by atoms with Gasteiger partial charge in [-0.3, -0.25) is 14.5 Å². The number of aryl methyl sites for hydroxylation is 2. The van der Waals surface area contributed by atoms with Crippen LogP contribution in [0.4, 0.5) is 18.9 Å². The number of amides is 1. The molecule has 39 heavy (non-hydrogen) atoms. The lowest BCUT2D eigenvalue weighted by molar-refractivity contribution is -0.140. The first-order valence-corrected chi connectivity index (χ1v) is 12.6. The third kappa shape index (κ3) is 4.44. The van der Waals surface area contributed by atoms with Crippen LogP contribution < -0.4 is 4.90 Å². The number of aromatic nitrogens is 5. The molecule has 1 aliphatic heterocycles. The second kappa shape index (κ2) is 9.23. The summed E-state index contributed by atoms with van der Waals surface area (Å²) in [5.74, 6) is 0.461. The van der Waals surface area contributed by atoms with Crippen molar-refractivity contribution in [2.24, 2.45) is 7.05 Å². The number of carbonyl (C=O) groups excluding carboxylic acids is 1. The Morgan fingerprint density at radius 3 is 2.56 bits per heavy atom. The van der Waals surface area contributed by atoms with Gasteiger partial charge in [0.2, 0.25) is 0 Å². The van der Waals surface area contributed by atoms with Crippen molar-refractivity contribution in [3.8, 4) is 11.1 Å². The molecule has 0 saturated heterocycles. The van der Waals surface area contributed by atoms with Gasteiger partial charge in [-0.2, -0.15) is 18.3 Å². The van der Waals surface area contributed by atoms with Crippen molar-refractivity contribution < 1.29 is 18.0 Å². The second-order valence-electron chi connectivity index (χ2n) is 9.53. The van der Waals surface area contributed by atoms with Crippen LogP contribution in [0.2, 0.25) is 5.02 Å². The second-order valence-corrected chi connectivity index (χ2v) is 9.97. The van der Waals surface area contributed by atoms with Crippen molar-refractivity contribution in [2.75, 3.05) is 11.4 Å². The van der Waals surface area contributed by atoms with Crippen LogP contribution in [0.5, 0.6) is 0 Å². The highest BCUT2D eigenvalue weighted by molar-refractivity contribution is 6.31. The number of fused-ring (bicyclic) bond motifs is 2. The molecule has 6 rings (SSSR count). The first kappa shape index (κ1) is 25.1. The molecule has 1 aliphatic rings. The van der Waals surface area contributed by atoms with E-state index in [1.165, 1.54) is 13.2 Å². The molecule has 5 aromatic rings. The highest BCUT2D eigenvalue weighted by Gasteiger charge is 2.39. The van der Waals surface area contributed by atoms with Gasteiger partial charge in [-0.05, 0) is 66.4 Å². The van der Waals surface area contributed by atoms with Crippen molar-refractivity contribution in [2.45, 2.75) is 26.1 Å². The number of hydrogen-bond donors (Lipinski definition) is 0. The number of pyridine rings is 1. The lowest BCUT2D eigenvalue weighted by atomic mass is 9.88. The van der Waals surface area contributed by atoms with Crippen LogP contribution >= 0.6 is 11.6 Å². The van der Waals surface area contributed by atoms with Crippen LogP contribution in [-0.2, 0) is 26.2 Å². The molecule has 7 nitrogen and oxygen atoms in total. The van der Waals surface area contributed by atoms with E-state index in [1.807, 2.05) is 17.6 Å². The summed E-state index contributed by atoms with van der Waals surface area (Å²) in [6.07, 6.45) is 2.15. The SMILES string of the molecule is Cc1nccn1Cc1cc2c(c(-c3cn(C)nc3C(F)(F)F)c1)CCN(c1ccnc3cc(Cl)ccc13)C2=O. The highest BCUT2D eigenvalue weighted by Crippen LogP contribution is 2.41. The van der Waals surface area contributed by atoms with Gasteiger partial charge in [-0.25, -0.2) is 4.98 Å². The first-order valence-electron chi connectivity index (χ1n) is 12.2. The number of nitrogens with zero attached hydrogens (tertiary/aromatic N) is 6. The Balaban J connectivity index is 1.52. The number of hydrogen-bond acceptors (Lipinski definition) is 4. The average molecular weight is 551 g/mol. The van der Waals surface area contributed by atoms with Crippen molar-refractivity contribution in [1.82, 2.24) is 24.3 Å². The van der Waals surface area contributed by atoms with Gasteiger partial charge in [0.1, 0.15) is 5.82 Å². The van der Waals surface area contributed by atoms with Gasteiger partial charge < -0.3 is 9.47 Å². The van der Waals surface area contributed by atoms with Gasteiger partial charge in [0.05, 0.1) is 11.2 Å². The number of alkyl halides is 3. The minimum Gasteiger partial charge on any atom is -0.331 e. The van der Waals surface area contributed by atoms with Crippen molar-refractivity contribution in [1.29, 1.82) is 0 Å². The molecular formula is C28H22ClF3N6O. The van der Waals surface area contributed by atoms with Crippen LogP contribution in [0.3, 0.4) is 0 Å².